The molecule has 0 saturated carbocycles. The number of esters is 2. The number of hydrogen-bond donors (Lipinski definition) is 0. The van der Waals surface area contributed by atoms with Crippen molar-refractivity contribution in [3.8, 4) is 0 Å². The SMILES string of the molecule is C=C(C)C(=O)OCCC(CCOC(=O)C(=C)C)(c1ccccc1)c1ccccc1. The second-order valence-electron chi connectivity index (χ2n) is 7.15. The summed E-state index contributed by atoms with van der Waals surface area (Å²) in [6.45, 7) is 11.0. The van der Waals surface area contributed by atoms with E-state index in [0.717, 1.165) is 11.1 Å². The normalized spacial score (nSPS) is 10.8. The lowest BCUT2D eigenvalue weighted by Crippen LogP contribution is -2.32. The zero-order valence-electron chi connectivity index (χ0n) is 17.1. The van der Waals surface area contributed by atoms with E-state index in [1.54, 1.807) is 13.8 Å². The first kappa shape index (κ1) is 22.2. The average molecular weight is 392 g/mol. The lowest BCUT2D eigenvalue weighted by Gasteiger charge is -2.35. The van der Waals surface area contributed by atoms with Crippen LogP contribution in [0.25, 0.3) is 0 Å². The highest BCUT2D eigenvalue weighted by atomic mass is 16.5. The smallest absolute Gasteiger partial charge is 0.333 e. The molecule has 0 aliphatic carbocycles. The molecule has 0 bridgehead atoms. The van der Waals surface area contributed by atoms with E-state index >= 15 is 0 Å². The van der Waals surface area contributed by atoms with Crippen LogP contribution in [0.2, 0.25) is 0 Å². The summed E-state index contributed by atoms with van der Waals surface area (Å²) in [5.41, 5.74) is 2.40. The molecule has 4 nitrogen and oxygen atoms in total. The van der Waals surface area contributed by atoms with Gasteiger partial charge in [-0.1, -0.05) is 73.8 Å². The van der Waals surface area contributed by atoms with Crippen LogP contribution in [-0.2, 0) is 24.5 Å². The van der Waals surface area contributed by atoms with E-state index in [2.05, 4.69) is 13.2 Å². The fourth-order valence-corrected chi connectivity index (χ4v) is 3.27. The van der Waals surface area contributed by atoms with Gasteiger partial charge in [0, 0.05) is 16.6 Å². The monoisotopic (exact) mass is 392 g/mol. The maximum Gasteiger partial charge on any atom is 0.333 e. The lowest BCUT2D eigenvalue weighted by atomic mass is 9.70. The van der Waals surface area contributed by atoms with Gasteiger partial charge in [0.2, 0.25) is 0 Å². The molecule has 2 aromatic rings. The van der Waals surface area contributed by atoms with Gasteiger partial charge in [0.25, 0.3) is 0 Å². The zero-order valence-corrected chi connectivity index (χ0v) is 17.1. The third-order valence-corrected chi connectivity index (χ3v) is 4.87. The number of rotatable bonds is 10. The minimum absolute atomic E-state index is 0.226. The van der Waals surface area contributed by atoms with Gasteiger partial charge in [0.1, 0.15) is 0 Å². The maximum atomic E-state index is 11.9. The summed E-state index contributed by atoms with van der Waals surface area (Å²) in [7, 11) is 0. The predicted octanol–water partition coefficient (Wildman–Crippen LogP) is 4.99. The van der Waals surface area contributed by atoms with Crippen LogP contribution in [0.4, 0.5) is 0 Å². The van der Waals surface area contributed by atoms with Crippen LogP contribution in [0.15, 0.2) is 85.0 Å². The molecule has 0 aliphatic heterocycles. The summed E-state index contributed by atoms with van der Waals surface area (Å²) in [6.07, 6.45) is 1.09. The standard InChI is InChI=1S/C25H28O4/c1-19(2)23(26)28-17-15-25(21-11-7-5-8-12-21,22-13-9-6-10-14-22)16-18-29-24(27)20(3)4/h5-14H,1,3,15-18H2,2,4H3. The molecule has 0 spiro atoms. The Morgan fingerprint density at radius 2 is 1.07 bits per heavy atom. The second kappa shape index (κ2) is 10.4. The number of benzene rings is 2. The van der Waals surface area contributed by atoms with Gasteiger partial charge < -0.3 is 9.47 Å². The van der Waals surface area contributed by atoms with E-state index < -0.39 is 17.4 Å². The van der Waals surface area contributed by atoms with Gasteiger partial charge in [-0.05, 0) is 37.8 Å². The summed E-state index contributed by atoms with van der Waals surface area (Å²) < 4.78 is 10.8. The first-order chi connectivity index (χ1) is 13.9. The first-order valence-corrected chi connectivity index (χ1v) is 9.63. The highest BCUT2D eigenvalue weighted by Gasteiger charge is 2.34. The molecule has 2 aromatic carbocycles. The van der Waals surface area contributed by atoms with Gasteiger partial charge in [-0.25, -0.2) is 9.59 Å². The molecular weight excluding hydrogens is 364 g/mol. The Hall–Kier alpha value is -3.14. The summed E-state index contributed by atoms with van der Waals surface area (Å²) >= 11 is 0. The van der Waals surface area contributed by atoms with Crippen LogP contribution >= 0.6 is 0 Å². The van der Waals surface area contributed by atoms with E-state index in [4.69, 9.17) is 9.47 Å². The van der Waals surface area contributed by atoms with E-state index in [9.17, 15) is 9.59 Å². The molecule has 0 N–H and O–H groups in total. The Morgan fingerprint density at radius 1 is 0.724 bits per heavy atom. The molecule has 0 radical (unpaired) electrons. The Labute approximate surface area is 172 Å². The molecule has 4 heteroatoms. The predicted molar refractivity (Wildman–Crippen MR) is 114 cm³/mol. The zero-order chi connectivity index (χ0) is 21.3. The Kier molecular flexibility index (Phi) is 7.96. The van der Waals surface area contributed by atoms with Crippen molar-refractivity contribution in [2.75, 3.05) is 13.2 Å². The second-order valence-corrected chi connectivity index (χ2v) is 7.15. The van der Waals surface area contributed by atoms with Crippen molar-refractivity contribution in [1.82, 2.24) is 0 Å². The van der Waals surface area contributed by atoms with Crippen LogP contribution in [0.3, 0.4) is 0 Å². The van der Waals surface area contributed by atoms with Crippen LogP contribution < -0.4 is 0 Å². The minimum atomic E-state index is -0.479. The van der Waals surface area contributed by atoms with Crippen molar-refractivity contribution in [1.29, 1.82) is 0 Å². The van der Waals surface area contributed by atoms with E-state index in [1.807, 2.05) is 60.7 Å². The molecule has 0 fully saturated rings. The largest absolute Gasteiger partial charge is 0.462 e. The minimum Gasteiger partial charge on any atom is -0.462 e. The number of hydrogen-bond acceptors (Lipinski definition) is 4. The van der Waals surface area contributed by atoms with Gasteiger partial charge >= 0.3 is 11.9 Å². The van der Waals surface area contributed by atoms with E-state index in [1.165, 1.54) is 0 Å². The Balaban J connectivity index is 2.36. The molecule has 0 heterocycles. The fourth-order valence-electron chi connectivity index (χ4n) is 3.27. The fraction of sp³-hybridized carbons (Fsp3) is 0.280. The molecule has 0 aromatic heterocycles. The van der Waals surface area contributed by atoms with E-state index in [0.29, 0.717) is 24.0 Å². The summed E-state index contributed by atoms with van der Waals surface area (Å²) in [5, 5.41) is 0. The molecule has 152 valence electrons. The number of carbonyl (C=O) groups is 2. The van der Waals surface area contributed by atoms with Gasteiger partial charge in [-0.2, -0.15) is 0 Å². The topological polar surface area (TPSA) is 52.6 Å². The molecule has 0 atom stereocenters. The number of carbonyl (C=O) groups excluding carboxylic acids is 2. The highest BCUT2D eigenvalue weighted by molar-refractivity contribution is 5.87. The molecule has 0 aliphatic rings. The van der Waals surface area contributed by atoms with Crippen LogP contribution in [0, 0.1) is 0 Å². The Bertz CT molecular complexity index is 779. The average Bonchev–Trinajstić information content (AvgIpc) is 2.73. The molecule has 2 rings (SSSR count). The number of ether oxygens (including phenoxy) is 2. The summed E-state index contributed by atoms with van der Waals surface area (Å²) in [5.74, 6) is -0.817. The van der Waals surface area contributed by atoms with Crippen molar-refractivity contribution in [2.24, 2.45) is 0 Å². The molecular formula is C25H28O4. The third-order valence-electron chi connectivity index (χ3n) is 4.87. The lowest BCUT2D eigenvalue weighted by molar-refractivity contribution is -0.139. The Morgan fingerprint density at radius 3 is 1.38 bits per heavy atom. The van der Waals surface area contributed by atoms with Crippen molar-refractivity contribution < 1.29 is 19.1 Å². The van der Waals surface area contributed by atoms with Crippen LogP contribution in [-0.4, -0.2) is 25.2 Å². The maximum absolute atomic E-state index is 11.9. The molecule has 0 saturated heterocycles. The van der Waals surface area contributed by atoms with Gasteiger partial charge in [0.05, 0.1) is 13.2 Å². The van der Waals surface area contributed by atoms with Gasteiger partial charge in [-0.3, -0.25) is 0 Å². The third kappa shape index (κ3) is 5.92. The highest BCUT2D eigenvalue weighted by Crippen LogP contribution is 2.39. The van der Waals surface area contributed by atoms with Gasteiger partial charge in [-0.15, -0.1) is 0 Å². The van der Waals surface area contributed by atoms with Crippen molar-refractivity contribution >= 4 is 11.9 Å². The summed E-state index contributed by atoms with van der Waals surface area (Å²) in [6, 6.07) is 20.0. The van der Waals surface area contributed by atoms with Crippen molar-refractivity contribution in [2.45, 2.75) is 32.1 Å². The van der Waals surface area contributed by atoms with Crippen molar-refractivity contribution in [3.05, 3.63) is 96.1 Å². The van der Waals surface area contributed by atoms with Crippen LogP contribution in [0.1, 0.15) is 37.8 Å². The first-order valence-electron chi connectivity index (χ1n) is 9.63. The van der Waals surface area contributed by atoms with Crippen molar-refractivity contribution in [3.63, 3.8) is 0 Å². The molecule has 29 heavy (non-hydrogen) atoms. The van der Waals surface area contributed by atoms with E-state index in [-0.39, 0.29) is 13.2 Å². The molecule has 0 unspecified atom stereocenters. The quantitative estimate of drug-likeness (QED) is 0.422. The van der Waals surface area contributed by atoms with Gasteiger partial charge in [0.15, 0.2) is 0 Å². The summed E-state index contributed by atoms with van der Waals surface area (Å²) in [4.78, 5) is 23.8. The van der Waals surface area contributed by atoms with Crippen LogP contribution in [0.5, 0.6) is 0 Å². The molecule has 0 amide bonds.